The summed E-state index contributed by atoms with van der Waals surface area (Å²) >= 11 is 0. The molecule has 0 N–H and O–H groups in total. The van der Waals surface area contributed by atoms with Crippen LogP contribution in [0.4, 0.5) is 0 Å². The second kappa shape index (κ2) is 9.69. The zero-order valence-corrected chi connectivity index (χ0v) is 23.2. The van der Waals surface area contributed by atoms with Crippen LogP contribution >= 0.6 is 7.14 Å². The van der Waals surface area contributed by atoms with E-state index in [4.69, 9.17) is 19.4 Å². The normalized spacial score (nSPS) is 12.3. The summed E-state index contributed by atoms with van der Waals surface area (Å²) < 4.78 is 28.1. The third kappa shape index (κ3) is 3.90. The first-order chi connectivity index (χ1) is 20.7. The van der Waals surface area contributed by atoms with Gasteiger partial charge in [0.1, 0.15) is 0 Å². The lowest BCUT2D eigenvalue weighted by atomic mass is 9.98. The van der Waals surface area contributed by atoms with Crippen LogP contribution < -0.4 is 25.4 Å². The van der Waals surface area contributed by atoms with Gasteiger partial charge in [0.25, 0.3) is 11.8 Å². The minimum absolute atomic E-state index is 0.313. The maximum absolute atomic E-state index is 15.1. The van der Waals surface area contributed by atoms with Gasteiger partial charge >= 0.3 is 0 Å². The van der Waals surface area contributed by atoms with Gasteiger partial charge in [-0.25, -0.2) is 9.97 Å². The average Bonchev–Trinajstić information content (AvgIpc) is 3.06. The second-order valence-electron chi connectivity index (χ2n) is 10.2. The minimum atomic E-state index is -3.18. The fraction of sp³-hybridized carbons (Fsp3) is 0. The Morgan fingerprint density at radius 1 is 0.500 bits per heavy atom. The van der Waals surface area contributed by atoms with Gasteiger partial charge in [-0.3, -0.25) is 0 Å². The van der Waals surface area contributed by atoms with Crippen molar-refractivity contribution in [1.29, 1.82) is 0 Å². The molecule has 5 nitrogen and oxygen atoms in total. The van der Waals surface area contributed by atoms with Crippen LogP contribution in [-0.4, -0.2) is 9.97 Å². The molecule has 2 heterocycles. The van der Waals surface area contributed by atoms with Crippen LogP contribution in [0.2, 0.25) is 0 Å². The quantitative estimate of drug-likeness (QED) is 0.204. The Morgan fingerprint density at radius 2 is 1.05 bits per heavy atom. The van der Waals surface area contributed by atoms with Crippen molar-refractivity contribution >= 4 is 44.9 Å². The largest absolute Gasteiger partial charge is 0.430 e. The molecule has 0 amide bonds. The monoisotopic (exact) mass is 562 g/mol. The molecule has 0 saturated carbocycles. The number of nitrogens with zero attached hydrogens (tertiary/aromatic N) is 2. The van der Waals surface area contributed by atoms with E-state index >= 15 is 4.57 Å². The van der Waals surface area contributed by atoms with Crippen LogP contribution in [0.5, 0.6) is 23.3 Å². The lowest BCUT2D eigenvalue weighted by Crippen LogP contribution is -2.25. The number of hydrogen-bond acceptors (Lipinski definition) is 5. The Bertz CT molecular complexity index is 2140. The molecular weight excluding hydrogens is 539 g/mol. The molecule has 7 aromatic rings. The second-order valence-corrected chi connectivity index (χ2v) is 12.9. The van der Waals surface area contributed by atoms with Crippen molar-refractivity contribution in [3.8, 4) is 34.4 Å². The SMILES string of the molecule is O=P(c1ccccc1)(c1ccccc1)c1cccc(-c2cc3ccccc3c3c2Oc2nc4ccccc4nc2O3)c1. The number of para-hydroxylation sites is 2. The van der Waals surface area contributed by atoms with Crippen molar-refractivity contribution in [2.45, 2.75) is 0 Å². The maximum atomic E-state index is 15.1. The van der Waals surface area contributed by atoms with Gasteiger partial charge < -0.3 is 14.0 Å². The Hall–Kier alpha value is -5.25. The minimum Gasteiger partial charge on any atom is -0.430 e. The highest BCUT2D eigenvalue weighted by Crippen LogP contribution is 2.52. The summed E-state index contributed by atoms with van der Waals surface area (Å²) in [5.41, 5.74) is 3.13. The van der Waals surface area contributed by atoms with Gasteiger partial charge in [0.2, 0.25) is 0 Å². The first-order valence-corrected chi connectivity index (χ1v) is 15.4. The Labute approximate surface area is 242 Å². The lowest BCUT2D eigenvalue weighted by Gasteiger charge is -2.24. The van der Waals surface area contributed by atoms with Gasteiger partial charge in [-0.1, -0.05) is 115 Å². The molecule has 1 aliphatic rings. The number of hydrogen-bond donors (Lipinski definition) is 0. The molecule has 0 unspecified atom stereocenters. The predicted molar refractivity (Wildman–Crippen MR) is 168 cm³/mol. The fourth-order valence-corrected chi connectivity index (χ4v) is 8.29. The lowest BCUT2D eigenvalue weighted by molar-refractivity contribution is 0.343. The molecule has 200 valence electrons. The Balaban J connectivity index is 1.34. The van der Waals surface area contributed by atoms with E-state index in [-0.39, 0.29) is 0 Å². The third-order valence-corrected chi connectivity index (χ3v) is 10.7. The van der Waals surface area contributed by atoms with Crippen LogP contribution in [0.15, 0.2) is 140 Å². The molecule has 0 saturated heterocycles. The Kier molecular flexibility index (Phi) is 5.66. The van der Waals surface area contributed by atoms with E-state index in [2.05, 4.69) is 6.07 Å². The molecule has 1 aromatic heterocycles. The van der Waals surface area contributed by atoms with Gasteiger partial charge in [-0.15, -0.1) is 0 Å². The van der Waals surface area contributed by atoms with Crippen molar-refractivity contribution in [1.82, 2.24) is 9.97 Å². The van der Waals surface area contributed by atoms with Crippen LogP contribution in [0.3, 0.4) is 0 Å². The summed E-state index contributed by atoms with van der Waals surface area (Å²) in [6, 6.07) is 45.1. The molecule has 0 spiro atoms. The van der Waals surface area contributed by atoms with Crippen LogP contribution in [0, 0.1) is 0 Å². The summed E-state index contributed by atoms with van der Waals surface area (Å²) in [6.07, 6.45) is 0. The van der Waals surface area contributed by atoms with Crippen molar-refractivity contribution in [2.75, 3.05) is 0 Å². The number of fused-ring (bicyclic) bond motifs is 5. The van der Waals surface area contributed by atoms with E-state index in [1.165, 1.54) is 0 Å². The van der Waals surface area contributed by atoms with Crippen molar-refractivity contribution in [3.05, 3.63) is 140 Å². The van der Waals surface area contributed by atoms with Crippen molar-refractivity contribution in [3.63, 3.8) is 0 Å². The molecule has 0 aliphatic carbocycles. The number of benzene rings is 6. The molecule has 0 bridgehead atoms. The van der Waals surface area contributed by atoms with Gasteiger partial charge in [-0.05, 0) is 35.2 Å². The molecule has 0 atom stereocenters. The van der Waals surface area contributed by atoms with Gasteiger partial charge in [0, 0.05) is 26.9 Å². The zero-order chi connectivity index (χ0) is 28.1. The van der Waals surface area contributed by atoms with E-state index < -0.39 is 7.14 Å². The maximum Gasteiger partial charge on any atom is 0.284 e. The molecule has 6 heteroatoms. The summed E-state index contributed by atoms with van der Waals surface area (Å²) in [7, 11) is -3.18. The molecule has 42 heavy (non-hydrogen) atoms. The highest BCUT2D eigenvalue weighted by Gasteiger charge is 2.31. The smallest absolute Gasteiger partial charge is 0.284 e. The average molecular weight is 563 g/mol. The first-order valence-electron chi connectivity index (χ1n) is 13.7. The van der Waals surface area contributed by atoms with E-state index in [9.17, 15) is 0 Å². The highest BCUT2D eigenvalue weighted by atomic mass is 31.2. The first kappa shape index (κ1) is 24.5. The van der Waals surface area contributed by atoms with Crippen molar-refractivity contribution in [2.24, 2.45) is 0 Å². The van der Waals surface area contributed by atoms with E-state index in [0.717, 1.165) is 48.8 Å². The van der Waals surface area contributed by atoms with Crippen molar-refractivity contribution < 1.29 is 14.0 Å². The molecule has 1 aliphatic heterocycles. The molecule has 0 radical (unpaired) electrons. The standard InChI is InChI=1S/C36H23N2O3P/c39-42(26-14-3-1-4-15-26,27-16-5-2-6-17-27)28-18-11-13-24(22-28)30-23-25-12-7-8-19-29(25)33-34(30)41-36-35(40-33)37-31-20-9-10-21-32(31)38-36/h1-23H. The zero-order valence-electron chi connectivity index (χ0n) is 22.3. The third-order valence-electron chi connectivity index (χ3n) is 7.62. The molecular formula is C36H23N2O3P. The van der Waals surface area contributed by atoms with E-state index in [1.807, 2.05) is 133 Å². The van der Waals surface area contributed by atoms with E-state index in [0.29, 0.717) is 23.3 Å². The van der Waals surface area contributed by atoms with Gasteiger partial charge in [0.05, 0.1) is 11.0 Å². The van der Waals surface area contributed by atoms with Crippen LogP contribution in [0.1, 0.15) is 0 Å². The fourth-order valence-electron chi connectivity index (χ4n) is 5.60. The number of ether oxygens (including phenoxy) is 2. The summed E-state index contributed by atoms with van der Waals surface area (Å²) in [6.45, 7) is 0. The molecule has 0 fully saturated rings. The summed E-state index contributed by atoms with van der Waals surface area (Å²) in [4.78, 5) is 9.40. The summed E-state index contributed by atoms with van der Waals surface area (Å²) in [5.74, 6) is 1.78. The highest BCUT2D eigenvalue weighted by molar-refractivity contribution is 7.85. The van der Waals surface area contributed by atoms with Gasteiger partial charge in [0.15, 0.2) is 18.6 Å². The summed E-state index contributed by atoms with van der Waals surface area (Å²) in [5, 5.41) is 4.20. The Morgan fingerprint density at radius 3 is 1.71 bits per heavy atom. The molecule has 8 rings (SSSR count). The number of rotatable bonds is 4. The van der Waals surface area contributed by atoms with Crippen LogP contribution in [-0.2, 0) is 4.57 Å². The molecule has 6 aromatic carbocycles. The number of aromatic nitrogens is 2. The van der Waals surface area contributed by atoms with Gasteiger partial charge in [-0.2, -0.15) is 0 Å². The van der Waals surface area contributed by atoms with Crippen LogP contribution in [0.25, 0.3) is 32.9 Å². The predicted octanol–water partition coefficient (Wildman–Crippen LogP) is 7.99. The topological polar surface area (TPSA) is 61.3 Å². The van der Waals surface area contributed by atoms with E-state index in [1.54, 1.807) is 0 Å².